The molecule has 2 aromatic heterocycles. The molecule has 1 N–H and O–H groups in total. The number of aryl methyl sites for hydroxylation is 2. The Labute approximate surface area is 177 Å². The first-order valence-electron chi connectivity index (χ1n) is 9.41. The van der Waals surface area contributed by atoms with Crippen molar-refractivity contribution < 1.29 is 9.18 Å². The number of hydrogen-bond donors (Lipinski definition) is 1. The van der Waals surface area contributed by atoms with E-state index in [9.17, 15) is 9.18 Å². The summed E-state index contributed by atoms with van der Waals surface area (Å²) in [6, 6.07) is 15.1. The highest BCUT2D eigenvalue weighted by molar-refractivity contribution is 8.00. The van der Waals surface area contributed by atoms with Crippen molar-refractivity contribution in [2.45, 2.75) is 31.2 Å². The summed E-state index contributed by atoms with van der Waals surface area (Å²) in [6.45, 7) is 5.90. The third-order valence-corrected chi connectivity index (χ3v) is 6.02. The van der Waals surface area contributed by atoms with Gasteiger partial charge in [0.05, 0.1) is 0 Å². The average Bonchev–Trinajstić information content (AvgIpc) is 3.15. The molecule has 1 unspecified atom stereocenters. The molecule has 0 aliphatic heterocycles. The van der Waals surface area contributed by atoms with E-state index in [2.05, 4.69) is 20.4 Å². The summed E-state index contributed by atoms with van der Waals surface area (Å²) >= 11 is 1.25. The van der Waals surface area contributed by atoms with Gasteiger partial charge in [-0.1, -0.05) is 42.1 Å². The fourth-order valence-corrected chi connectivity index (χ4v) is 3.97. The van der Waals surface area contributed by atoms with Crippen LogP contribution in [0.25, 0.3) is 5.78 Å². The summed E-state index contributed by atoms with van der Waals surface area (Å²) in [5.74, 6) is -0.0955. The highest BCUT2D eigenvalue weighted by Crippen LogP contribution is 2.35. The molecular formula is C22H20FN5OS. The van der Waals surface area contributed by atoms with Crippen LogP contribution in [-0.4, -0.2) is 25.5 Å². The summed E-state index contributed by atoms with van der Waals surface area (Å²) in [6.07, 6.45) is 0. The Bertz CT molecular complexity index is 1210. The molecule has 1 amide bonds. The SMILES string of the molecule is Cc1nc2nc(SC(C(=O)Nc3ccc(F)cc3)c3ccccc3)nn2c(C)c1C. The number of hydrogen-bond acceptors (Lipinski definition) is 5. The lowest BCUT2D eigenvalue weighted by Crippen LogP contribution is -2.19. The number of anilines is 1. The van der Waals surface area contributed by atoms with E-state index in [0.717, 1.165) is 22.5 Å². The molecule has 0 spiro atoms. The largest absolute Gasteiger partial charge is 0.325 e. The van der Waals surface area contributed by atoms with E-state index >= 15 is 0 Å². The van der Waals surface area contributed by atoms with Gasteiger partial charge >= 0.3 is 0 Å². The van der Waals surface area contributed by atoms with E-state index < -0.39 is 5.25 Å². The van der Waals surface area contributed by atoms with Crippen molar-refractivity contribution in [3.63, 3.8) is 0 Å². The number of aromatic nitrogens is 4. The molecule has 152 valence electrons. The van der Waals surface area contributed by atoms with Gasteiger partial charge in [0.15, 0.2) is 0 Å². The molecule has 2 aromatic carbocycles. The molecule has 4 rings (SSSR count). The van der Waals surface area contributed by atoms with Crippen LogP contribution in [0.4, 0.5) is 10.1 Å². The Kier molecular flexibility index (Phi) is 5.50. The minimum atomic E-state index is -0.587. The van der Waals surface area contributed by atoms with Gasteiger partial charge in [-0.15, -0.1) is 5.10 Å². The van der Waals surface area contributed by atoms with E-state index in [4.69, 9.17) is 0 Å². The second kappa shape index (κ2) is 8.23. The standard InChI is InChI=1S/C22H20FN5OS/c1-13-14(2)24-21-26-22(27-28(21)15(13)3)30-19(16-7-5-4-6-8-16)20(29)25-18-11-9-17(23)10-12-18/h4-12,19H,1-3H3,(H,25,29). The summed E-state index contributed by atoms with van der Waals surface area (Å²) < 4.78 is 14.9. The highest BCUT2D eigenvalue weighted by Gasteiger charge is 2.25. The zero-order chi connectivity index (χ0) is 21.3. The maximum absolute atomic E-state index is 13.2. The van der Waals surface area contributed by atoms with Crippen molar-refractivity contribution in [3.8, 4) is 0 Å². The van der Waals surface area contributed by atoms with E-state index in [0.29, 0.717) is 16.6 Å². The van der Waals surface area contributed by atoms with E-state index in [1.807, 2.05) is 51.1 Å². The summed E-state index contributed by atoms with van der Waals surface area (Å²) in [4.78, 5) is 22.1. The van der Waals surface area contributed by atoms with Crippen molar-refractivity contribution in [2.24, 2.45) is 0 Å². The molecule has 0 radical (unpaired) electrons. The van der Waals surface area contributed by atoms with Crippen molar-refractivity contribution in [1.82, 2.24) is 19.6 Å². The number of rotatable bonds is 5. The fourth-order valence-electron chi connectivity index (χ4n) is 3.03. The molecule has 6 nitrogen and oxygen atoms in total. The third kappa shape index (κ3) is 4.04. The topological polar surface area (TPSA) is 72.2 Å². The summed E-state index contributed by atoms with van der Waals surface area (Å²) in [5.41, 5.74) is 4.26. The van der Waals surface area contributed by atoms with Crippen molar-refractivity contribution in [3.05, 3.63) is 82.9 Å². The number of nitrogens with zero attached hydrogens (tertiary/aromatic N) is 4. The van der Waals surface area contributed by atoms with Gasteiger partial charge in [0.2, 0.25) is 11.1 Å². The van der Waals surface area contributed by atoms with Crippen LogP contribution in [0.5, 0.6) is 0 Å². The number of thioether (sulfide) groups is 1. The van der Waals surface area contributed by atoms with Crippen LogP contribution in [0.2, 0.25) is 0 Å². The van der Waals surface area contributed by atoms with Gasteiger partial charge in [-0.2, -0.15) is 4.98 Å². The van der Waals surface area contributed by atoms with E-state index in [1.54, 1.807) is 4.52 Å². The number of fused-ring (bicyclic) bond motifs is 1. The van der Waals surface area contributed by atoms with Gasteiger partial charge in [0.1, 0.15) is 11.1 Å². The predicted molar refractivity (Wildman–Crippen MR) is 115 cm³/mol. The lowest BCUT2D eigenvalue weighted by atomic mass is 10.1. The Morgan fingerprint density at radius 2 is 1.73 bits per heavy atom. The zero-order valence-electron chi connectivity index (χ0n) is 16.8. The van der Waals surface area contributed by atoms with Gasteiger partial charge in [-0.25, -0.2) is 13.9 Å². The van der Waals surface area contributed by atoms with Gasteiger partial charge in [0, 0.05) is 17.1 Å². The number of carbonyl (C=O) groups excluding carboxylic acids is 1. The quantitative estimate of drug-likeness (QED) is 0.475. The molecular weight excluding hydrogens is 401 g/mol. The molecule has 30 heavy (non-hydrogen) atoms. The van der Waals surface area contributed by atoms with Crippen molar-refractivity contribution in [2.75, 3.05) is 5.32 Å². The first-order valence-corrected chi connectivity index (χ1v) is 10.3. The van der Waals surface area contributed by atoms with Crippen LogP contribution in [0.1, 0.15) is 27.8 Å². The molecule has 1 atom stereocenters. The number of amides is 1. The Balaban J connectivity index is 1.67. The van der Waals surface area contributed by atoms with Gasteiger partial charge in [-0.05, 0) is 56.2 Å². The van der Waals surface area contributed by atoms with Crippen LogP contribution < -0.4 is 5.32 Å². The smallest absolute Gasteiger partial charge is 0.253 e. The van der Waals surface area contributed by atoms with Gasteiger partial charge in [-0.3, -0.25) is 4.79 Å². The first-order chi connectivity index (χ1) is 14.4. The van der Waals surface area contributed by atoms with Gasteiger partial charge < -0.3 is 5.32 Å². The minimum absolute atomic E-state index is 0.242. The molecule has 4 aromatic rings. The van der Waals surface area contributed by atoms with Crippen LogP contribution >= 0.6 is 11.8 Å². The minimum Gasteiger partial charge on any atom is -0.325 e. The van der Waals surface area contributed by atoms with Crippen LogP contribution in [0.3, 0.4) is 0 Å². The highest BCUT2D eigenvalue weighted by atomic mass is 32.2. The van der Waals surface area contributed by atoms with Crippen LogP contribution in [0.15, 0.2) is 59.8 Å². The van der Waals surface area contributed by atoms with Crippen LogP contribution in [0, 0.1) is 26.6 Å². The molecule has 0 saturated carbocycles. The number of benzene rings is 2. The molecule has 0 aliphatic rings. The van der Waals surface area contributed by atoms with E-state index in [-0.39, 0.29) is 11.7 Å². The zero-order valence-corrected chi connectivity index (χ0v) is 17.6. The second-order valence-corrected chi connectivity index (χ2v) is 7.99. The van der Waals surface area contributed by atoms with Crippen molar-refractivity contribution in [1.29, 1.82) is 0 Å². The normalized spacial score (nSPS) is 12.1. The molecule has 2 heterocycles. The second-order valence-electron chi connectivity index (χ2n) is 6.92. The average molecular weight is 422 g/mol. The number of halogens is 1. The van der Waals surface area contributed by atoms with E-state index in [1.165, 1.54) is 36.0 Å². The van der Waals surface area contributed by atoms with Crippen LogP contribution in [-0.2, 0) is 4.79 Å². The number of carbonyl (C=O) groups is 1. The maximum atomic E-state index is 13.2. The lowest BCUT2D eigenvalue weighted by Gasteiger charge is -2.15. The fraction of sp³-hybridized carbons (Fsp3) is 0.182. The summed E-state index contributed by atoms with van der Waals surface area (Å²) in [7, 11) is 0. The van der Waals surface area contributed by atoms with Gasteiger partial charge in [0.25, 0.3) is 5.78 Å². The molecule has 0 aliphatic carbocycles. The van der Waals surface area contributed by atoms with Crippen molar-refractivity contribution >= 4 is 29.1 Å². The predicted octanol–water partition coefficient (Wildman–Crippen LogP) is 4.66. The molecule has 0 fully saturated rings. The Morgan fingerprint density at radius 1 is 1.03 bits per heavy atom. The molecule has 8 heteroatoms. The molecule has 0 bridgehead atoms. The monoisotopic (exact) mass is 421 g/mol. The Morgan fingerprint density at radius 3 is 2.43 bits per heavy atom. The lowest BCUT2D eigenvalue weighted by molar-refractivity contribution is -0.115. The first kappa shape index (κ1) is 20.0. The number of nitrogens with one attached hydrogen (secondary N) is 1. The maximum Gasteiger partial charge on any atom is 0.253 e. The summed E-state index contributed by atoms with van der Waals surface area (Å²) in [5, 5.41) is 7.27. The molecule has 0 saturated heterocycles. The third-order valence-electron chi connectivity index (χ3n) is 4.92. The Hall–Kier alpha value is -3.26.